The Morgan fingerprint density at radius 3 is 2.59 bits per heavy atom. The molecule has 1 atom stereocenters. The molecule has 0 aliphatic heterocycles. The maximum Gasteiger partial charge on any atom is 0.253 e. The third kappa shape index (κ3) is 4.11. The number of aliphatic hydroxyl groups is 1. The van der Waals surface area contributed by atoms with Crippen molar-refractivity contribution < 1.29 is 19.7 Å². The average molecular weight is 397 g/mol. The first kappa shape index (κ1) is 20.8. The molecule has 0 fully saturated rings. The number of fused-ring (bicyclic) bond motifs is 1. The monoisotopic (exact) mass is 397 g/mol. The average Bonchev–Trinajstić information content (AvgIpc) is 3.03. The number of hydrogen-bond acceptors (Lipinski definition) is 5. The third-order valence-corrected chi connectivity index (χ3v) is 5.06. The quantitative estimate of drug-likeness (QED) is 0.640. The molecular weight excluding hydrogens is 370 g/mol. The van der Waals surface area contributed by atoms with E-state index in [9.17, 15) is 15.0 Å². The molecule has 0 saturated heterocycles. The van der Waals surface area contributed by atoms with Crippen molar-refractivity contribution in [1.29, 1.82) is 0 Å². The van der Waals surface area contributed by atoms with E-state index in [1.165, 1.54) is 4.90 Å². The molecule has 0 aliphatic rings. The van der Waals surface area contributed by atoms with E-state index in [0.29, 0.717) is 40.8 Å². The second-order valence-electron chi connectivity index (χ2n) is 7.29. The number of benzene rings is 2. The zero-order chi connectivity index (χ0) is 21.1. The van der Waals surface area contributed by atoms with Gasteiger partial charge >= 0.3 is 0 Å². The van der Waals surface area contributed by atoms with Crippen molar-refractivity contribution >= 4 is 16.9 Å². The molecule has 7 heteroatoms. The van der Waals surface area contributed by atoms with E-state index >= 15 is 0 Å². The van der Waals surface area contributed by atoms with Crippen LogP contribution in [0.5, 0.6) is 5.75 Å². The minimum atomic E-state index is -0.693. The lowest BCUT2D eigenvalue weighted by Gasteiger charge is -2.18. The second kappa shape index (κ2) is 8.63. The zero-order valence-electron chi connectivity index (χ0n) is 17.2. The number of aromatic hydroxyl groups is 1. The molecular formula is C22H27N3O4. The van der Waals surface area contributed by atoms with Crippen LogP contribution in [0.1, 0.15) is 39.8 Å². The summed E-state index contributed by atoms with van der Waals surface area (Å²) in [7, 11) is 4.92. The summed E-state index contributed by atoms with van der Waals surface area (Å²) in [4.78, 5) is 18.8. The van der Waals surface area contributed by atoms with Crippen LogP contribution in [0.15, 0.2) is 36.4 Å². The number of amides is 1. The van der Waals surface area contributed by atoms with Crippen molar-refractivity contribution in [2.75, 3.05) is 21.2 Å². The maximum atomic E-state index is 12.8. The molecule has 1 unspecified atom stereocenters. The Morgan fingerprint density at radius 1 is 1.28 bits per heavy atom. The van der Waals surface area contributed by atoms with Crippen molar-refractivity contribution in [1.82, 2.24) is 14.5 Å². The Labute approximate surface area is 170 Å². The highest BCUT2D eigenvalue weighted by atomic mass is 16.5. The second-order valence-corrected chi connectivity index (χ2v) is 7.29. The molecule has 0 radical (unpaired) electrons. The van der Waals surface area contributed by atoms with Gasteiger partial charge in [0.15, 0.2) is 0 Å². The van der Waals surface area contributed by atoms with E-state index in [1.807, 2.05) is 41.8 Å². The molecule has 0 spiro atoms. The minimum absolute atomic E-state index is 0.0223. The normalized spacial score (nSPS) is 12.3. The number of aliphatic hydroxyl groups excluding tert-OH is 1. The van der Waals surface area contributed by atoms with E-state index < -0.39 is 6.10 Å². The predicted molar refractivity (Wildman–Crippen MR) is 111 cm³/mol. The third-order valence-electron chi connectivity index (χ3n) is 5.06. The number of phenols is 1. The van der Waals surface area contributed by atoms with Crippen molar-refractivity contribution in [2.45, 2.75) is 32.6 Å². The van der Waals surface area contributed by atoms with E-state index in [4.69, 9.17) is 4.74 Å². The van der Waals surface area contributed by atoms with Gasteiger partial charge in [-0.25, -0.2) is 4.98 Å². The maximum absolute atomic E-state index is 12.8. The first-order valence-electron chi connectivity index (χ1n) is 9.50. The van der Waals surface area contributed by atoms with Gasteiger partial charge < -0.3 is 24.4 Å². The molecule has 1 heterocycles. The van der Waals surface area contributed by atoms with Gasteiger partial charge in [0, 0.05) is 32.3 Å². The summed E-state index contributed by atoms with van der Waals surface area (Å²) < 4.78 is 7.04. The number of hydrogen-bond donors (Lipinski definition) is 2. The molecule has 0 saturated carbocycles. The van der Waals surface area contributed by atoms with E-state index in [-0.39, 0.29) is 18.4 Å². The fraction of sp³-hybridized carbons (Fsp3) is 0.364. The van der Waals surface area contributed by atoms with Crippen LogP contribution in [0.4, 0.5) is 0 Å². The minimum Gasteiger partial charge on any atom is -0.505 e. The van der Waals surface area contributed by atoms with Crippen LogP contribution < -0.4 is 0 Å². The molecule has 29 heavy (non-hydrogen) atoms. The van der Waals surface area contributed by atoms with Crippen LogP contribution in [0.3, 0.4) is 0 Å². The Morgan fingerprint density at radius 2 is 1.97 bits per heavy atom. The molecule has 7 nitrogen and oxygen atoms in total. The van der Waals surface area contributed by atoms with Gasteiger partial charge in [-0.15, -0.1) is 0 Å². The number of aromatic nitrogens is 2. The zero-order valence-corrected chi connectivity index (χ0v) is 17.2. The molecule has 2 aromatic carbocycles. The fourth-order valence-electron chi connectivity index (χ4n) is 3.50. The summed E-state index contributed by atoms with van der Waals surface area (Å²) in [5.74, 6) is 0.446. The number of methoxy groups -OCH3 is 1. The van der Waals surface area contributed by atoms with E-state index in [1.54, 1.807) is 27.3 Å². The highest BCUT2D eigenvalue weighted by Crippen LogP contribution is 2.34. The number of carbonyl (C=O) groups is 1. The first-order valence-corrected chi connectivity index (χ1v) is 9.50. The summed E-state index contributed by atoms with van der Waals surface area (Å²) >= 11 is 0. The number of imidazole rings is 1. The van der Waals surface area contributed by atoms with Gasteiger partial charge in [0.25, 0.3) is 5.91 Å². The van der Waals surface area contributed by atoms with E-state index in [0.717, 1.165) is 5.56 Å². The fourth-order valence-corrected chi connectivity index (χ4v) is 3.50. The van der Waals surface area contributed by atoms with Gasteiger partial charge in [0.2, 0.25) is 0 Å². The van der Waals surface area contributed by atoms with Gasteiger partial charge in [-0.1, -0.05) is 30.3 Å². The van der Waals surface area contributed by atoms with Gasteiger partial charge in [-0.05, 0) is 31.4 Å². The Bertz CT molecular complexity index is 1010. The number of phenolic OH excluding ortho intramolecular Hbond substituents is 1. The highest BCUT2D eigenvalue weighted by molar-refractivity contribution is 6.01. The van der Waals surface area contributed by atoms with E-state index in [2.05, 4.69) is 4.98 Å². The number of ether oxygens (including phenoxy) is 1. The van der Waals surface area contributed by atoms with Crippen molar-refractivity contribution in [2.24, 2.45) is 0 Å². The summed E-state index contributed by atoms with van der Waals surface area (Å²) in [6, 6.07) is 11.1. The molecule has 1 amide bonds. The molecule has 3 aromatic rings. The van der Waals surface area contributed by atoms with Crippen molar-refractivity contribution in [3.8, 4) is 5.75 Å². The molecule has 2 N–H and O–H groups in total. The molecule has 3 rings (SSSR count). The Kier molecular flexibility index (Phi) is 6.20. The van der Waals surface area contributed by atoms with Crippen LogP contribution >= 0.6 is 0 Å². The number of nitrogens with zero attached hydrogens (tertiary/aromatic N) is 3. The summed E-state index contributed by atoms with van der Waals surface area (Å²) in [6.07, 6.45) is 0.0127. The topological polar surface area (TPSA) is 87.8 Å². The van der Waals surface area contributed by atoms with Crippen LogP contribution in [0.25, 0.3) is 11.0 Å². The SMILES string of the molecule is COCn1c(C)nc2c(O)c(CCC(O)c3ccccc3)c(C(=O)N(C)C)cc21. The molecule has 1 aromatic heterocycles. The standard InChI is InChI=1S/C22H27N3O4/c1-14-23-20-18(25(14)13-29-4)12-17(22(28)24(2)3)16(21(20)27)10-11-19(26)15-8-6-5-7-9-15/h5-9,12,19,26-27H,10-11,13H2,1-4H3. The van der Waals surface area contributed by atoms with Crippen LogP contribution in [-0.4, -0.2) is 51.8 Å². The Balaban J connectivity index is 2.05. The first-order chi connectivity index (χ1) is 13.8. The lowest BCUT2D eigenvalue weighted by molar-refractivity contribution is 0.0825. The van der Waals surface area contributed by atoms with Crippen LogP contribution in [-0.2, 0) is 17.9 Å². The smallest absolute Gasteiger partial charge is 0.253 e. The van der Waals surface area contributed by atoms with Crippen LogP contribution in [0, 0.1) is 6.92 Å². The predicted octanol–water partition coefficient (Wildman–Crippen LogP) is 3.02. The summed E-state index contributed by atoms with van der Waals surface area (Å²) in [5.41, 5.74) is 2.76. The summed E-state index contributed by atoms with van der Waals surface area (Å²) in [5, 5.41) is 21.5. The van der Waals surface area contributed by atoms with Gasteiger partial charge in [0.05, 0.1) is 11.6 Å². The number of aryl methyl sites for hydroxylation is 1. The lowest BCUT2D eigenvalue weighted by Crippen LogP contribution is -2.23. The number of rotatable bonds is 7. The van der Waals surface area contributed by atoms with Gasteiger partial charge in [0.1, 0.15) is 23.8 Å². The van der Waals surface area contributed by atoms with Crippen molar-refractivity contribution in [3.05, 3.63) is 58.9 Å². The lowest BCUT2D eigenvalue weighted by atomic mass is 9.96. The summed E-state index contributed by atoms with van der Waals surface area (Å²) in [6.45, 7) is 2.09. The number of carbonyl (C=O) groups excluding carboxylic acids is 1. The molecule has 0 aliphatic carbocycles. The van der Waals surface area contributed by atoms with Gasteiger partial charge in [-0.3, -0.25) is 4.79 Å². The largest absolute Gasteiger partial charge is 0.505 e. The van der Waals surface area contributed by atoms with Crippen molar-refractivity contribution in [3.63, 3.8) is 0 Å². The molecule has 154 valence electrons. The van der Waals surface area contributed by atoms with Gasteiger partial charge in [-0.2, -0.15) is 0 Å². The highest BCUT2D eigenvalue weighted by Gasteiger charge is 2.23. The Hall–Kier alpha value is -2.90. The van der Waals surface area contributed by atoms with Crippen LogP contribution in [0.2, 0.25) is 0 Å². The molecule has 0 bridgehead atoms.